The van der Waals surface area contributed by atoms with Crippen molar-refractivity contribution in [3.63, 3.8) is 0 Å². The second-order valence-corrected chi connectivity index (χ2v) is 7.39. The van der Waals surface area contributed by atoms with Crippen molar-refractivity contribution < 1.29 is 4.74 Å². The fourth-order valence-corrected chi connectivity index (χ4v) is 3.54. The smallest absolute Gasteiger partial charge is 0.230 e. The van der Waals surface area contributed by atoms with Crippen LogP contribution in [0.3, 0.4) is 0 Å². The van der Waals surface area contributed by atoms with Gasteiger partial charge in [-0.1, -0.05) is 0 Å². The summed E-state index contributed by atoms with van der Waals surface area (Å²) < 4.78 is 7.93. The lowest BCUT2D eigenvalue weighted by molar-refractivity contribution is 0.122. The van der Waals surface area contributed by atoms with Gasteiger partial charge < -0.3 is 19.9 Å². The number of hydrogen-bond acceptors (Lipinski definition) is 8. The predicted molar refractivity (Wildman–Crippen MR) is 107 cm³/mol. The van der Waals surface area contributed by atoms with E-state index in [9.17, 15) is 0 Å². The Kier molecular flexibility index (Phi) is 4.32. The highest BCUT2D eigenvalue weighted by atomic mass is 79.9. The standard InChI is InChI=1S/C17H18BrN9O/c1-10-2-3-19-14-13(10)22-12(23-14)9-20-16-25-17(26-4-6-28-7-5-26)24-15-11(18)8-21-27(15)16/h2-3,8H,4-7,9H2,1H3,(H,19,22,23)(H,20,24,25). The van der Waals surface area contributed by atoms with Gasteiger partial charge in [0.2, 0.25) is 11.9 Å². The fraction of sp³-hybridized carbons (Fsp3) is 0.353. The van der Waals surface area contributed by atoms with Crippen molar-refractivity contribution in [2.24, 2.45) is 0 Å². The number of aromatic nitrogens is 7. The molecule has 1 saturated heterocycles. The molecular weight excluding hydrogens is 426 g/mol. The quantitative estimate of drug-likeness (QED) is 0.492. The molecule has 1 aliphatic rings. The molecule has 0 bridgehead atoms. The number of H-pyrrole nitrogens is 1. The van der Waals surface area contributed by atoms with E-state index in [1.807, 2.05) is 13.0 Å². The number of morpholine rings is 1. The van der Waals surface area contributed by atoms with E-state index in [0.717, 1.165) is 34.5 Å². The Morgan fingerprint density at radius 3 is 2.93 bits per heavy atom. The summed E-state index contributed by atoms with van der Waals surface area (Å²) in [5.74, 6) is 2.03. The number of nitrogens with zero attached hydrogens (tertiary/aromatic N) is 7. The van der Waals surface area contributed by atoms with Crippen LogP contribution < -0.4 is 10.2 Å². The summed E-state index contributed by atoms with van der Waals surface area (Å²) in [6.45, 7) is 5.35. The van der Waals surface area contributed by atoms with Gasteiger partial charge in [-0.05, 0) is 34.5 Å². The lowest BCUT2D eigenvalue weighted by Gasteiger charge is -2.27. The van der Waals surface area contributed by atoms with Crippen LogP contribution in [0.15, 0.2) is 22.9 Å². The number of nitrogens with one attached hydrogen (secondary N) is 2. The third kappa shape index (κ3) is 3.06. The van der Waals surface area contributed by atoms with Gasteiger partial charge in [0, 0.05) is 19.3 Å². The molecule has 5 heterocycles. The van der Waals surface area contributed by atoms with Crippen molar-refractivity contribution in [1.82, 2.24) is 34.5 Å². The highest BCUT2D eigenvalue weighted by Gasteiger charge is 2.18. The Morgan fingerprint density at radius 2 is 2.11 bits per heavy atom. The average Bonchev–Trinajstić information content (AvgIpc) is 3.31. The Balaban J connectivity index is 1.47. The molecule has 10 nitrogen and oxygen atoms in total. The number of imidazole rings is 1. The first-order valence-electron chi connectivity index (χ1n) is 8.97. The fourth-order valence-electron chi connectivity index (χ4n) is 3.19. The van der Waals surface area contributed by atoms with Crippen LogP contribution in [0.2, 0.25) is 0 Å². The van der Waals surface area contributed by atoms with Crippen LogP contribution in [-0.2, 0) is 11.3 Å². The number of halogens is 1. The Morgan fingerprint density at radius 1 is 1.25 bits per heavy atom. The van der Waals surface area contributed by atoms with Crippen molar-refractivity contribution in [2.75, 3.05) is 36.5 Å². The molecule has 11 heteroatoms. The summed E-state index contributed by atoms with van der Waals surface area (Å²) >= 11 is 3.52. The summed E-state index contributed by atoms with van der Waals surface area (Å²) in [6, 6.07) is 1.96. The summed E-state index contributed by atoms with van der Waals surface area (Å²) in [6.07, 6.45) is 3.48. The lowest BCUT2D eigenvalue weighted by atomic mass is 10.3. The van der Waals surface area contributed by atoms with Gasteiger partial charge in [-0.3, -0.25) is 0 Å². The number of fused-ring (bicyclic) bond motifs is 2. The van der Waals surface area contributed by atoms with Crippen LogP contribution in [0.25, 0.3) is 16.8 Å². The number of rotatable bonds is 4. The van der Waals surface area contributed by atoms with E-state index in [0.29, 0.717) is 42.9 Å². The minimum absolute atomic E-state index is 0.460. The van der Waals surface area contributed by atoms with E-state index in [2.05, 4.69) is 51.2 Å². The van der Waals surface area contributed by atoms with Crippen molar-refractivity contribution in [3.05, 3.63) is 34.3 Å². The van der Waals surface area contributed by atoms with Crippen LogP contribution in [0, 0.1) is 6.92 Å². The molecule has 4 aromatic rings. The maximum absolute atomic E-state index is 5.43. The number of aromatic amines is 1. The molecule has 0 spiro atoms. The molecule has 5 rings (SSSR count). The number of hydrogen-bond donors (Lipinski definition) is 2. The predicted octanol–water partition coefficient (Wildman–Crippen LogP) is 1.92. The van der Waals surface area contributed by atoms with Crippen LogP contribution in [0.1, 0.15) is 11.4 Å². The van der Waals surface area contributed by atoms with Crippen molar-refractivity contribution in [1.29, 1.82) is 0 Å². The molecule has 0 amide bonds. The van der Waals surface area contributed by atoms with Gasteiger partial charge in [-0.2, -0.15) is 19.6 Å². The second-order valence-electron chi connectivity index (χ2n) is 6.54. The highest BCUT2D eigenvalue weighted by molar-refractivity contribution is 9.10. The average molecular weight is 444 g/mol. The number of aryl methyl sites for hydroxylation is 1. The van der Waals surface area contributed by atoms with Crippen LogP contribution in [0.5, 0.6) is 0 Å². The van der Waals surface area contributed by atoms with Crippen molar-refractivity contribution in [2.45, 2.75) is 13.5 Å². The monoisotopic (exact) mass is 443 g/mol. The van der Waals surface area contributed by atoms with E-state index in [1.54, 1.807) is 16.9 Å². The van der Waals surface area contributed by atoms with E-state index in [-0.39, 0.29) is 0 Å². The Labute approximate surface area is 168 Å². The molecule has 0 radical (unpaired) electrons. The molecule has 0 aliphatic carbocycles. The van der Waals surface area contributed by atoms with Crippen LogP contribution in [-0.4, -0.2) is 60.8 Å². The number of pyridine rings is 1. The van der Waals surface area contributed by atoms with Crippen LogP contribution >= 0.6 is 15.9 Å². The number of ether oxygens (including phenoxy) is 1. The normalized spacial score (nSPS) is 14.9. The molecule has 28 heavy (non-hydrogen) atoms. The summed E-state index contributed by atoms with van der Waals surface area (Å²) in [7, 11) is 0. The molecule has 144 valence electrons. The van der Waals surface area contributed by atoms with Gasteiger partial charge in [0.1, 0.15) is 5.82 Å². The molecule has 0 saturated carbocycles. The van der Waals surface area contributed by atoms with Gasteiger partial charge in [-0.25, -0.2) is 9.97 Å². The topological polar surface area (TPSA) is 109 Å². The summed E-state index contributed by atoms with van der Waals surface area (Å²) in [5, 5.41) is 7.70. The van der Waals surface area contributed by atoms with Gasteiger partial charge >= 0.3 is 0 Å². The minimum Gasteiger partial charge on any atom is -0.378 e. The Bertz CT molecular complexity index is 1150. The van der Waals surface area contributed by atoms with E-state index in [4.69, 9.17) is 9.72 Å². The zero-order valence-electron chi connectivity index (χ0n) is 15.2. The third-order valence-electron chi connectivity index (χ3n) is 4.67. The summed E-state index contributed by atoms with van der Waals surface area (Å²) in [4.78, 5) is 23.6. The van der Waals surface area contributed by atoms with Crippen LogP contribution in [0.4, 0.5) is 11.9 Å². The van der Waals surface area contributed by atoms with Crippen molar-refractivity contribution >= 4 is 44.6 Å². The van der Waals surface area contributed by atoms with E-state index >= 15 is 0 Å². The van der Waals surface area contributed by atoms with Gasteiger partial charge in [0.05, 0.1) is 35.9 Å². The summed E-state index contributed by atoms with van der Waals surface area (Å²) in [5.41, 5.74) is 3.48. The first-order chi connectivity index (χ1) is 13.7. The zero-order chi connectivity index (χ0) is 19.1. The SMILES string of the molecule is Cc1ccnc2nc(CNc3nc(N4CCOCC4)nc4c(Br)cnn34)[nH]c12. The molecule has 4 aromatic heterocycles. The first-order valence-corrected chi connectivity index (χ1v) is 9.76. The largest absolute Gasteiger partial charge is 0.378 e. The molecule has 2 N–H and O–H groups in total. The lowest BCUT2D eigenvalue weighted by Crippen LogP contribution is -2.37. The molecule has 0 aromatic carbocycles. The molecule has 0 atom stereocenters. The highest BCUT2D eigenvalue weighted by Crippen LogP contribution is 2.22. The van der Waals surface area contributed by atoms with Gasteiger partial charge in [0.25, 0.3) is 0 Å². The van der Waals surface area contributed by atoms with E-state index in [1.165, 1.54) is 0 Å². The molecule has 1 fully saturated rings. The Hall–Kier alpha value is -2.79. The second kappa shape index (κ2) is 6.99. The maximum Gasteiger partial charge on any atom is 0.230 e. The molecular formula is C17H18BrN9O. The minimum atomic E-state index is 0.460. The first kappa shape index (κ1) is 17.3. The van der Waals surface area contributed by atoms with Crippen molar-refractivity contribution in [3.8, 4) is 0 Å². The van der Waals surface area contributed by atoms with Gasteiger partial charge in [0.15, 0.2) is 11.3 Å². The van der Waals surface area contributed by atoms with Gasteiger partial charge in [-0.15, -0.1) is 0 Å². The third-order valence-corrected chi connectivity index (χ3v) is 5.23. The molecule has 0 unspecified atom stereocenters. The molecule has 1 aliphatic heterocycles. The zero-order valence-corrected chi connectivity index (χ0v) is 16.8. The maximum atomic E-state index is 5.43. The van der Waals surface area contributed by atoms with E-state index < -0.39 is 0 Å². The number of anilines is 2.